The van der Waals surface area contributed by atoms with Crippen molar-refractivity contribution in [1.29, 1.82) is 0 Å². The van der Waals surface area contributed by atoms with Crippen LogP contribution in [0, 0.1) is 6.07 Å². The highest BCUT2D eigenvalue weighted by molar-refractivity contribution is 9.10. The second-order valence-corrected chi connectivity index (χ2v) is 3.28. The molecule has 0 aliphatic rings. The summed E-state index contributed by atoms with van der Waals surface area (Å²) in [6, 6.07) is 6.28. The van der Waals surface area contributed by atoms with E-state index < -0.39 is 12.5 Å². The van der Waals surface area contributed by atoms with Gasteiger partial charge >= 0.3 is 12.5 Å². The third kappa shape index (κ3) is 3.17. The molecule has 0 heterocycles. The molecule has 0 N–H and O–H groups in total. The molecule has 1 unspecified atom stereocenters. The number of hydrogen-bond donors (Lipinski definition) is 0. The van der Waals surface area contributed by atoms with Crippen LogP contribution in [0.5, 0.6) is 5.75 Å². The average Bonchev–Trinajstić information content (AvgIpc) is 2.02. The molecule has 1 radical (unpaired) electrons. The molecule has 0 spiro atoms. The normalized spacial score (nSPS) is 13.8. The van der Waals surface area contributed by atoms with Crippen molar-refractivity contribution in [3.63, 3.8) is 0 Å². The van der Waals surface area contributed by atoms with Gasteiger partial charge in [-0.05, 0) is 24.3 Å². The zero-order valence-corrected chi connectivity index (χ0v) is 8.19. The van der Waals surface area contributed by atoms with Crippen molar-refractivity contribution in [2.45, 2.75) is 12.5 Å². The third-order valence-electron chi connectivity index (χ3n) is 1.22. The van der Waals surface area contributed by atoms with Gasteiger partial charge in [0.1, 0.15) is 5.75 Å². The van der Waals surface area contributed by atoms with Crippen molar-refractivity contribution in [1.82, 2.24) is 0 Å². The summed E-state index contributed by atoms with van der Waals surface area (Å²) in [5, 5.41) is 0. The molecule has 0 amide bonds. The van der Waals surface area contributed by atoms with Crippen LogP contribution < -0.4 is 4.74 Å². The minimum absolute atomic E-state index is 0.232. The fourth-order valence-electron chi connectivity index (χ4n) is 0.677. The maximum Gasteiger partial charge on any atom is 0.457 e. The van der Waals surface area contributed by atoms with Gasteiger partial charge in [-0.1, -0.05) is 15.9 Å². The molecule has 14 heavy (non-hydrogen) atoms. The Hall–Kier alpha value is -0.780. The Morgan fingerprint density at radius 1 is 1.36 bits per heavy atom. The summed E-state index contributed by atoms with van der Waals surface area (Å²) >= 11 is 2.99. The van der Waals surface area contributed by atoms with Gasteiger partial charge in [-0.25, -0.2) is 0 Å². The first-order valence-electron chi connectivity index (χ1n) is 3.43. The van der Waals surface area contributed by atoms with E-state index in [1.807, 2.05) is 0 Å². The largest absolute Gasteiger partial charge is 0.457 e. The summed E-state index contributed by atoms with van der Waals surface area (Å²) < 4.78 is 52.0. The van der Waals surface area contributed by atoms with Crippen molar-refractivity contribution < 1.29 is 22.3 Å². The maximum absolute atomic E-state index is 12.4. The summed E-state index contributed by atoms with van der Waals surface area (Å²) in [6.07, 6.45) is -8.33. The molecule has 1 aromatic rings. The number of ether oxygens (including phenoxy) is 1. The molecular weight excluding hydrogens is 268 g/mol. The molecule has 0 aromatic heterocycles. The van der Waals surface area contributed by atoms with E-state index >= 15 is 0 Å². The number of benzene rings is 1. The molecule has 6 heteroatoms. The molecule has 1 rings (SSSR count). The van der Waals surface area contributed by atoms with Crippen molar-refractivity contribution in [3.8, 4) is 5.75 Å². The van der Waals surface area contributed by atoms with Gasteiger partial charge in [0.2, 0.25) is 0 Å². The lowest BCUT2D eigenvalue weighted by Gasteiger charge is -2.13. The summed E-state index contributed by atoms with van der Waals surface area (Å²) in [7, 11) is 0. The summed E-state index contributed by atoms with van der Waals surface area (Å²) in [5.41, 5.74) is 0. The van der Waals surface area contributed by atoms with Gasteiger partial charge in [-0.15, -0.1) is 0 Å². The van der Waals surface area contributed by atoms with Crippen molar-refractivity contribution >= 4 is 15.9 Å². The van der Waals surface area contributed by atoms with Crippen molar-refractivity contribution in [3.05, 3.63) is 28.7 Å². The Bertz CT molecular complexity index is 312. The SMILES string of the molecule is FC(Oc1c[c]cc(Br)c1)C(F)(F)F. The highest BCUT2D eigenvalue weighted by Crippen LogP contribution is 2.27. The predicted molar refractivity (Wildman–Crippen MR) is 44.6 cm³/mol. The third-order valence-corrected chi connectivity index (χ3v) is 1.68. The monoisotopic (exact) mass is 271 g/mol. The minimum atomic E-state index is -5.01. The van der Waals surface area contributed by atoms with Gasteiger partial charge in [0.25, 0.3) is 0 Å². The van der Waals surface area contributed by atoms with E-state index in [9.17, 15) is 17.6 Å². The minimum Gasteiger partial charge on any atom is -0.452 e. The van der Waals surface area contributed by atoms with Crippen LogP contribution in [0.2, 0.25) is 0 Å². The van der Waals surface area contributed by atoms with Crippen LogP contribution in [0.25, 0.3) is 0 Å². The Morgan fingerprint density at radius 2 is 2.00 bits per heavy atom. The van der Waals surface area contributed by atoms with E-state index in [2.05, 4.69) is 26.7 Å². The Kier molecular flexibility index (Phi) is 3.36. The molecule has 0 aliphatic heterocycles. The van der Waals surface area contributed by atoms with Gasteiger partial charge in [0.15, 0.2) is 0 Å². The average molecular weight is 272 g/mol. The molecule has 0 aliphatic carbocycles. The van der Waals surface area contributed by atoms with Crippen molar-refractivity contribution in [2.75, 3.05) is 0 Å². The summed E-state index contributed by atoms with van der Waals surface area (Å²) in [6.45, 7) is 0. The predicted octanol–water partition coefficient (Wildman–Crippen LogP) is 3.49. The molecule has 0 saturated heterocycles. The first-order valence-corrected chi connectivity index (χ1v) is 4.23. The Labute approximate surface area is 85.8 Å². The van der Waals surface area contributed by atoms with E-state index in [1.165, 1.54) is 12.1 Å². The van der Waals surface area contributed by atoms with Crippen LogP contribution in [0.3, 0.4) is 0 Å². The highest BCUT2D eigenvalue weighted by Gasteiger charge is 2.42. The second kappa shape index (κ2) is 4.16. The van der Waals surface area contributed by atoms with Gasteiger partial charge < -0.3 is 4.74 Å². The number of halogens is 5. The van der Waals surface area contributed by atoms with Gasteiger partial charge in [-0.3, -0.25) is 0 Å². The lowest BCUT2D eigenvalue weighted by molar-refractivity contribution is -0.236. The first-order chi connectivity index (χ1) is 6.39. The molecular formula is C8H4BrF4O. The zero-order chi connectivity index (χ0) is 10.8. The fraction of sp³-hybridized carbons (Fsp3) is 0.250. The van der Waals surface area contributed by atoms with Crippen LogP contribution in [0.15, 0.2) is 22.7 Å². The molecule has 1 aromatic carbocycles. The summed E-state index contributed by atoms with van der Waals surface area (Å²) in [4.78, 5) is 0. The number of alkyl halides is 4. The Morgan fingerprint density at radius 3 is 2.50 bits per heavy atom. The van der Waals surface area contributed by atoms with Gasteiger partial charge in [0.05, 0.1) is 0 Å². The molecule has 1 atom stereocenters. The molecule has 1 nitrogen and oxygen atoms in total. The van der Waals surface area contributed by atoms with E-state index in [4.69, 9.17) is 0 Å². The van der Waals surface area contributed by atoms with E-state index in [0.717, 1.165) is 6.07 Å². The maximum atomic E-state index is 12.4. The van der Waals surface area contributed by atoms with Crippen LogP contribution in [0.1, 0.15) is 0 Å². The lowest BCUT2D eigenvalue weighted by atomic mass is 10.3. The van der Waals surface area contributed by atoms with Crippen LogP contribution in [-0.4, -0.2) is 12.5 Å². The molecule has 0 fully saturated rings. The second-order valence-electron chi connectivity index (χ2n) is 2.36. The first kappa shape index (κ1) is 11.3. The highest BCUT2D eigenvalue weighted by atomic mass is 79.9. The lowest BCUT2D eigenvalue weighted by Crippen LogP contribution is -2.29. The molecule has 0 saturated carbocycles. The van der Waals surface area contributed by atoms with Crippen LogP contribution in [0.4, 0.5) is 17.6 Å². The van der Waals surface area contributed by atoms with E-state index in [1.54, 1.807) is 0 Å². The summed E-state index contributed by atoms with van der Waals surface area (Å²) in [5.74, 6) is -0.232. The van der Waals surface area contributed by atoms with Gasteiger partial charge in [-0.2, -0.15) is 17.6 Å². The number of hydrogen-bond acceptors (Lipinski definition) is 1. The zero-order valence-electron chi connectivity index (χ0n) is 6.61. The standard InChI is InChI=1S/C8H4BrF4O/c9-5-2-1-3-6(4-5)14-7(10)8(11,12)13/h2-4,7H. The molecule has 77 valence electrons. The topological polar surface area (TPSA) is 9.23 Å². The van der Waals surface area contributed by atoms with E-state index in [-0.39, 0.29) is 5.75 Å². The van der Waals surface area contributed by atoms with Crippen LogP contribution in [-0.2, 0) is 0 Å². The van der Waals surface area contributed by atoms with Gasteiger partial charge in [0, 0.05) is 4.47 Å². The molecule has 0 bridgehead atoms. The fourth-order valence-corrected chi connectivity index (χ4v) is 1.03. The van der Waals surface area contributed by atoms with Crippen molar-refractivity contribution in [2.24, 2.45) is 0 Å². The van der Waals surface area contributed by atoms with E-state index in [0.29, 0.717) is 4.47 Å². The van der Waals surface area contributed by atoms with Crippen LogP contribution >= 0.6 is 15.9 Å². The Balaban J connectivity index is 2.70. The quantitative estimate of drug-likeness (QED) is 0.749. The smallest absolute Gasteiger partial charge is 0.452 e. The number of rotatable bonds is 2.